The van der Waals surface area contributed by atoms with Crippen LogP contribution in [-0.4, -0.2) is 60.6 Å². The molecule has 0 aliphatic heterocycles. The molecule has 0 saturated carbocycles. The summed E-state index contributed by atoms with van der Waals surface area (Å²) in [4.78, 5) is 28.2. The molecule has 0 bridgehead atoms. The molecular weight excluding hydrogens is 402 g/mol. The molecule has 0 saturated heterocycles. The molecule has 0 heterocycles. The third kappa shape index (κ3) is 8.35. The van der Waals surface area contributed by atoms with E-state index in [0.717, 1.165) is 6.42 Å². The van der Waals surface area contributed by atoms with Gasteiger partial charge < -0.3 is 19.9 Å². The molecule has 0 unspecified atom stereocenters. The number of likely N-dealkylation sites (N-methyl/N-ethyl adjacent to an activating group) is 1. The van der Waals surface area contributed by atoms with Crippen LogP contribution in [0.1, 0.15) is 51.3 Å². The molecule has 2 aromatic carbocycles. The Balaban J connectivity index is 1.99. The van der Waals surface area contributed by atoms with Crippen LogP contribution >= 0.6 is 0 Å². The summed E-state index contributed by atoms with van der Waals surface area (Å²) in [6.45, 7) is 9.31. The van der Waals surface area contributed by atoms with Crippen LogP contribution in [0.3, 0.4) is 0 Å². The van der Waals surface area contributed by atoms with Crippen molar-refractivity contribution in [2.24, 2.45) is 0 Å². The van der Waals surface area contributed by atoms with Crippen molar-refractivity contribution in [3.05, 3.63) is 71.8 Å². The van der Waals surface area contributed by atoms with Gasteiger partial charge in [-0.05, 0) is 38.3 Å². The van der Waals surface area contributed by atoms with Gasteiger partial charge in [0.05, 0.1) is 6.04 Å². The lowest BCUT2D eigenvalue weighted by Gasteiger charge is -2.28. The molecule has 32 heavy (non-hydrogen) atoms. The van der Waals surface area contributed by atoms with E-state index in [0.29, 0.717) is 19.6 Å². The lowest BCUT2D eigenvalue weighted by molar-refractivity contribution is -0.132. The summed E-state index contributed by atoms with van der Waals surface area (Å²) in [5, 5.41) is 3.60. The second kappa shape index (κ2) is 12.2. The Morgan fingerprint density at radius 1 is 0.938 bits per heavy atom. The Hall–Kier alpha value is -2.86. The van der Waals surface area contributed by atoms with Crippen molar-refractivity contribution in [2.45, 2.75) is 45.8 Å². The van der Waals surface area contributed by atoms with E-state index in [1.54, 1.807) is 11.9 Å². The molecule has 0 atom stereocenters. The minimum absolute atomic E-state index is 0.00425. The molecule has 0 aliphatic carbocycles. The van der Waals surface area contributed by atoms with Crippen LogP contribution in [-0.2, 0) is 9.53 Å². The highest BCUT2D eigenvalue weighted by atomic mass is 16.6. The van der Waals surface area contributed by atoms with Gasteiger partial charge in [-0.2, -0.15) is 0 Å². The number of amides is 2. The Morgan fingerprint density at radius 2 is 1.47 bits per heavy atom. The van der Waals surface area contributed by atoms with Gasteiger partial charge in [0.2, 0.25) is 5.91 Å². The van der Waals surface area contributed by atoms with Gasteiger partial charge in [0.1, 0.15) is 12.1 Å². The number of rotatable bonds is 10. The second-order valence-electron chi connectivity index (χ2n) is 8.93. The molecule has 1 N–H and O–H groups in total. The largest absolute Gasteiger partial charge is 0.444 e. The minimum Gasteiger partial charge on any atom is -0.444 e. The predicted octanol–water partition coefficient (Wildman–Crippen LogP) is 4.47. The van der Waals surface area contributed by atoms with Crippen LogP contribution in [0.2, 0.25) is 0 Å². The standard InChI is InChI=1S/C26H37N3O3/c1-6-18-29(23(30)20-28(5)25(31)32-26(2,3)4)19-17-27-24(21-13-9-7-10-14-21)22-15-11-8-12-16-22/h7-16,24,27H,6,17-20H2,1-5H3. The Kier molecular flexibility index (Phi) is 9.72. The zero-order valence-corrected chi connectivity index (χ0v) is 20.0. The van der Waals surface area contributed by atoms with Gasteiger partial charge in [-0.15, -0.1) is 0 Å². The number of benzene rings is 2. The first-order valence-electron chi connectivity index (χ1n) is 11.3. The molecule has 0 fully saturated rings. The van der Waals surface area contributed by atoms with Gasteiger partial charge in [-0.25, -0.2) is 4.79 Å². The molecule has 2 rings (SSSR count). The molecule has 0 spiro atoms. The average molecular weight is 440 g/mol. The molecule has 0 aromatic heterocycles. The maximum absolute atomic E-state index is 12.9. The molecule has 0 aliphatic rings. The van der Waals surface area contributed by atoms with Gasteiger partial charge in [0, 0.05) is 26.7 Å². The smallest absolute Gasteiger partial charge is 0.410 e. The van der Waals surface area contributed by atoms with Crippen molar-refractivity contribution in [3.8, 4) is 0 Å². The van der Waals surface area contributed by atoms with E-state index in [4.69, 9.17) is 4.74 Å². The fraction of sp³-hybridized carbons (Fsp3) is 0.462. The Bertz CT molecular complexity index is 795. The van der Waals surface area contributed by atoms with E-state index in [-0.39, 0.29) is 18.5 Å². The molecule has 0 radical (unpaired) electrons. The van der Waals surface area contributed by atoms with Crippen LogP contribution in [0.25, 0.3) is 0 Å². The van der Waals surface area contributed by atoms with Crippen molar-refractivity contribution in [1.82, 2.24) is 15.1 Å². The quantitative estimate of drug-likeness (QED) is 0.593. The summed E-state index contributed by atoms with van der Waals surface area (Å²) < 4.78 is 5.35. The summed E-state index contributed by atoms with van der Waals surface area (Å²) in [6, 6.07) is 20.6. The summed E-state index contributed by atoms with van der Waals surface area (Å²) in [5.74, 6) is -0.0852. The summed E-state index contributed by atoms with van der Waals surface area (Å²) in [5.41, 5.74) is 1.76. The fourth-order valence-corrected chi connectivity index (χ4v) is 3.40. The molecule has 6 heteroatoms. The van der Waals surface area contributed by atoms with E-state index in [9.17, 15) is 9.59 Å². The van der Waals surface area contributed by atoms with Crippen LogP contribution < -0.4 is 5.32 Å². The average Bonchev–Trinajstić information content (AvgIpc) is 2.76. The number of nitrogens with one attached hydrogen (secondary N) is 1. The van der Waals surface area contributed by atoms with Crippen molar-refractivity contribution in [2.75, 3.05) is 33.2 Å². The molecule has 174 valence electrons. The molecular formula is C26H37N3O3. The summed E-state index contributed by atoms with van der Waals surface area (Å²) in [6.07, 6.45) is 0.358. The van der Waals surface area contributed by atoms with E-state index in [1.807, 2.05) is 64.1 Å². The SMILES string of the molecule is CCCN(CCNC(c1ccccc1)c1ccccc1)C(=O)CN(C)C(=O)OC(C)(C)C. The third-order valence-corrected chi connectivity index (χ3v) is 4.92. The zero-order valence-electron chi connectivity index (χ0n) is 20.0. The van der Waals surface area contributed by atoms with Gasteiger partial charge in [0.25, 0.3) is 0 Å². The fourth-order valence-electron chi connectivity index (χ4n) is 3.40. The third-order valence-electron chi connectivity index (χ3n) is 4.92. The topological polar surface area (TPSA) is 61.9 Å². The van der Waals surface area contributed by atoms with E-state index in [2.05, 4.69) is 29.6 Å². The Morgan fingerprint density at radius 3 is 1.94 bits per heavy atom. The molecule has 2 amide bonds. The van der Waals surface area contributed by atoms with Crippen LogP contribution in [0.4, 0.5) is 4.79 Å². The highest BCUT2D eigenvalue weighted by Gasteiger charge is 2.23. The maximum atomic E-state index is 12.9. The number of ether oxygens (including phenoxy) is 1. The van der Waals surface area contributed by atoms with Crippen molar-refractivity contribution in [3.63, 3.8) is 0 Å². The van der Waals surface area contributed by atoms with Gasteiger partial charge in [-0.3, -0.25) is 4.79 Å². The normalized spacial score (nSPS) is 11.3. The van der Waals surface area contributed by atoms with E-state index < -0.39 is 11.7 Å². The first kappa shape index (κ1) is 25.4. The Labute approximate surface area is 192 Å². The summed E-state index contributed by atoms with van der Waals surface area (Å²) >= 11 is 0. The molecule has 2 aromatic rings. The summed E-state index contributed by atoms with van der Waals surface area (Å²) in [7, 11) is 1.59. The lowest BCUT2D eigenvalue weighted by Crippen LogP contribution is -2.45. The monoisotopic (exact) mass is 439 g/mol. The second-order valence-corrected chi connectivity index (χ2v) is 8.93. The van der Waals surface area contributed by atoms with Gasteiger partial charge in [0.15, 0.2) is 0 Å². The highest BCUT2D eigenvalue weighted by molar-refractivity contribution is 5.82. The van der Waals surface area contributed by atoms with Crippen molar-refractivity contribution < 1.29 is 14.3 Å². The number of carbonyl (C=O) groups excluding carboxylic acids is 2. The number of hydrogen-bond acceptors (Lipinski definition) is 4. The minimum atomic E-state index is -0.592. The first-order chi connectivity index (χ1) is 15.2. The van der Waals surface area contributed by atoms with E-state index >= 15 is 0 Å². The highest BCUT2D eigenvalue weighted by Crippen LogP contribution is 2.21. The van der Waals surface area contributed by atoms with Crippen LogP contribution in [0, 0.1) is 0 Å². The van der Waals surface area contributed by atoms with Crippen LogP contribution in [0.5, 0.6) is 0 Å². The van der Waals surface area contributed by atoms with Gasteiger partial charge in [-0.1, -0.05) is 67.6 Å². The maximum Gasteiger partial charge on any atom is 0.410 e. The lowest BCUT2D eigenvalue weighted by atomic mass is 9.99. The van der Waals surface area contributed by atoms with Crippen LogP contribution in [0.15, 0.2) is 60.7 Å². The predicted molar refractivity (Wildman–Crippen MR) is 128 cm³/mol. The van der Waals surface area contributed by atoms with Gasteiger partial charge >= 0.3 is 6.09 Å². The zero-order chi connectivity index (χ0) is 23.6. The number of hydrogen-bond donors (Lipinski definition) is 1. The molecule has 6 nitrogen and oxygen atoms in total. The van der Waals surface area contributed by atoms with Crippen molar-refractivity contribution in [1.29, 1.82) is 0 Å². The first-order valence-corrected chi connectivity index (χ1v) is 11.3. The number of carbonyl (C=O) groups is 2. The van der Waals surface area contributed by atoms with Crippen molar-refractivity contribution >= 4 is 12.0 Å². The van der Waals surface area contributed by atoms with E-state index in [1.165, 1.54) is 16.0 Å². The number of nitrogens with zero attached hydrogens (tertiary/aromatic N) is 2.